The van der Waals surface area contributed by atoms with Gasteiger partial charge in [-0.2, -0.15) is 0 Å². The van der Waals surface area contributed by atoms with Crippen molar-refractivity contribution in [2.45, 2.75) is 25.9 Å². The first-order valence-corrected chi connectivity index (χ1v) is 13.8. The van der Waals surface area contributed by atoms with Gasteiger partial charge in [0.05, 0.1) is 30.3 Å². The van der Waals surface area contributed by atoms with Crippen LogP contribution in [0.3, 0.4) is 0 Å². The number of benzene rings is 4. The van der Waals surface area contributed by atoms with Crippen LogP contribution in [-0.2, 0) is 24.2 Å². The summed E-state index contributed by atoms with van der Waals surface area (Å²) < 4.78 is 11.1. The molecule has 7 aromatic rings. The van der Waals surface area contributed by atoms with Gasteiger partial charge in [0, 0.05) is 17.3 Å². The molecular weight excluding hydrogens is 512 g/mol. The molecule has 41 heavy (non-hydrogen) atoms. The van der Waals surface area contributed by atoms with Crippen molar-refractivity contribution in [3.8, 4) is 0 Å². The molecule has 0 bridgehead atoms. The number of ether oxygens (including phenoxy) is 1. The second-order valence-electron chi connectivity index (χ2n) is 10.3. The molecule has 0 radical (unpaired) electrons. The summed E-state index contributed by atoms with van der Waals surface area (Å²) in [5.74, 6) is 0.330. The summed E-state index contributed by atoms with van der Waals surface area (Å²) in [6, 6.07) is 33.6. The number of aryl methyl sites for hydroxylation is 2. The van der Waals surface area contributed by atoms with Gasteiger partial charge in [-0.3, -0.25) is 13.8 Å². The van der Waals surface area contributed by atoms with Crippen LogP contribution in [0.4, 0.5) is 0 Å². The summed E-state index contributed by atoms with van der Waals surface area (Å²) in [6.45, 7) is 1.12. The molecule has 0 saturated heterocycles. The van der Waals surface area contributed by atoms with Crippen molar-refractivity contribution in [1.82, 2.24) is 18.5 Å². The van der Waals surface area contributed by atoms with Crippen molar-refractivity contribution in [2.24, 2.45) is 0 Å². The first kappa shape index (κ1) is 24.8. The van der Waals surface area contributed by atoms with Crippen LogP contribution in [0, 0.1) is 0 Å². The van der Waals surface area contributed by atoms with E-state index in [1.807, 2.05) is 81.8 Å². The molecule has 3 heterocycles. The molecule has 0 fully saturated rings. The lowest BCUT2D eigenvalue weighted by Crippen LogP contribution is -2.22. The van der Waals surface area contributed by atoms with Gasteiger partial charge in [-0.1, -0.05) is 78.9 Å². The van der Waals surface area contributed by atoms with Crippen LogP contribution in [0.15, 0.2) is 108 Å². The average Bonchev–Trinajstić information content (AvgIpc) is 3.55. The van der Waals surface area contributed by atoms with E-state index in [1.165, 1.54) is 12.7 Å². The third kappa shape index (κ3) is 4.17. The fourth-order valence-corrected chi connectivity index (χ4v) is 5.85. The number of imidazole rings is 2. The molecule has 0 N–H and O–H groups in total. The van der Waals surface area contributed by atoms with Gasteiger partial charge in [-0.05, 0) is 48.2 Å². The lowest BCUT2D eigenvalue weighted by atomic mass is 10.1. The Balaban J connectivity index is 1.52. The predicted octanol–water partition coefficient (Wildman–Crippen LogP) is 6.22. The highest BCUT2D eigenvalue weighted by Gasteiger charge is 2.23. The number of hydrogen-bond donors (Lipinski definition) is 0. The number of fused-ring (bicyclic) bond motifs is 7. The zero-order valence-corrected chi connectivity index (χ0v) is 22.7. The summed E-state index contributed by atoms with van der Waals surface area (Å²) in [4.78, 5) is 31.8. The molecular formula is C34H28N4O3. The summed E-state index contributed by atoms with van der Waals surface area (Å²) in [5, 5.41) is 1.44. The molecule has 0 saturated carbocycles. The van der Waals surface area contributed by atoms with E-state index in [1.54, 1.807) is 6.07 Å². The van der Waals surface area contributed by atoms with E-state index in [0.717, 1.165) is 52.7 Å². The highest BCUT2D eigenvalue weighted by Crippen LogP contribution is 2.31. The third-order valence-electron chi connectivity index (χ3n) is 7.79. The van der Waals surface area contributed by atoms with Gasteiger partial charge in [0.15, 0.2) is 5.65 Å². The molecule has 202 valence electrons. The van der Waals surface area contributed by atoms with Crippen molar-refractivity contribution in [2.75, 3.05) is 7.11 Å². The first-order valence-electron chi connectivity index (χ1n) is 13.8. The standard InChI is InChI=1S/C34H28N4O3/c1-41-33(40)25-18-19-28-29(21-25)38-31-30(35-34(38)36(28)20-10-15-23-11-4-2-5-12-23)26-16-8-9-17-27(26)32(39)37(31)22-24-13-6-3-7-14-24/h2-9,11-14,16-19,21H,10,15,20,22H2,1H3. The van der Waals surface area contributed by atoms with Gasteiger partial charge >= 0.3 is 5.97 Å². The Labute approximate surface area is 235 Å². The van der Waals surface area contributed by atoms with Crippen molar-refractivity contribution in [3.63, 3.8) is 0 Å². The second-order valence-corrected chi connectivity index (χ2v) is 10.3. The van der Waals surface area contributed by atoms with Crippen LogP contribution < -0.4 is 5.56 Å². The number of pyridine rings is 1. The number of nitrogens with zero attached hydrogens (tertiary/aromatic N) is 4. The average molecular weight is 541 g/mol. The number of carbonyl (C=O) groups is 1. The Morgan fingerprint density at radius 2 is 1.46 bits per heavy atom. The Hall–Kier alpha value is -5.17. The SMILES string of the molecule is COC(=O)c1ccc2c(c1)n1c3c(nc1n2CCCc1ccccc1)c1ccccc1c(=O)n3Cc1ccccc1. The van der Waals surface area contributed by atoms with E-state index in [2.05, 4.69) is 28.8 Å². The van der Waals surface area contributed by atoms with Gasteiger partial charge in [-0.25, -0.2) is 9.78 Å². The van der Waals surface area contributed by atoms with Crippen molar-refractivity contribution >= 4 is 44.7 Å². The van der Waals surface area contributed by atoms with Crippen LogP contribution in [0.5, 0.6) is 0 Å². The van der Waals surface area contributed by atoms with Gasteiger partial charge in [0.2, 0.25) is 5.78 Å². The van der Waals surface area contributed by atoms with E-state index in [9.17, 15) is 9.59 Å². The zero-order valence-electron chi connectivity index (χ0n) is 22.7. The minimum absolute atomic E-state index is 0.0761. The maximum atomic E-state index is 14.0. The van der Waals surface area contributed by atoms with Crippen molar-refractivity contribution in [1.29, 1.82) is 0 Å². The molecule has 0 atom stereocenters. The molecule has 0 unspecified atom stereocenters. The lowest BCUT2D eigenvalue weighted by molar-refractivity contribution is 0.0601. The molecule has 0 amide bonds. The van der Waals surface area contributed by atoms with Crippen LogP contribution in [0.2, 0.25) is 0 Å². The smallest absolute Gasteiger partial charge is 0.337 e. The fraction of sp³-hybridized carbons (Fsp3) is 0.147. The summed E-state index contributed by atoms with van der Waals surface area (Å²) in [6.07, 6.45) is 1.83. The van der Waals surface area contributed by atoms with Gasteiger partial charge in [0.25, 0.3) is 5.56 Å². The largest absolute Gasteiger partial charge is 0.465 e. The van der Waals surface area contributed by atoms with Gasteiger partial charge in [0.1, 0.15) is 5.52 Å². The zero-order chi connectivity index (χ0) is 27.9. The Morgan fingerprint density at radius 1 is 0.780 bits per heavy atom. The highest BCUT2D eigenvalue weighted by molar-refractivity contribution is 6.05. The van der Waals surface area contributed by atoms with E-state index < -0.39 is 5.97 Å². The number of aromatic nitrogens is 4. The minimum Gasteiger partial charge on any atom is -0.465 e. The van der Waals surface area contributed by atoms with Crippen LogP contribution >= 0.6 is 0 Å². The van der Waals surface area contributed by atoms with E-state index in [-0.39, 0.29) is 5.56 Å². The summed E-state index contributed by atoms with van der Waals surface area (Å²) >= 11 is 0. The van der Waals surface area contributed by atoms with E-state index >= 15 is 0 Å². The number of hydrogen-bond acceptors (Lipinski definition) is 4. The maximum Gasteiger partial charge on any atom is 0.337 e. The molecule has 0 aliphatic heterocycles. The summed E-state index contributed by atoms with van der Waals surface area (Å²) in [5.41, 5.74) is 5.89. The molecule has 3 aromatic heterocycles. The maximum absolute atomic E-state index is 14.0. The molecule has 0 aliphatic rings. The molecule has 0 aliphatic carbocycles. The second kappa shape index (κ2) is 10.1. The highest BCUT2D eigenvalue weighted by atomic mass is 16.5. The van der Waals surface area contributed by atoms with Gasteiger partial charge < -0.3 is 9.30 Å². The van der Waals surface area contributed by atoms with Crippen molar-refractivity contribution < 1.29 is 9.53 Å². The predicted molar refractivity (Wildman–Crippen MR) is 162 cm³/mol. The van der Waals surface area contributed by atoms with Crippen LogP contribution in [-0.4, -0.2) is 31.6 Å². The number of esters is 1. The minimum atomic E-state index is -0.409. The Kier molecular flexibility index (Phi) is 6.12. The monoisotopic (exact) mass is 540 g/mol. The molecule has 4 aromatic carbocycles. The number of methoxy groups -OCH3 is 1. The van der Waals surface area contributed by atoms with Crippen LogP contribution in [0.1, 0.15) is 27.9 Å². The number of rotatable bonds is 7. The van der Waals surface area contributed by atoms with Crippen molar-refractivity contribution in [3.05, 3.63) is 130 Å². The fourth-order valence-electron chi connectivity index (χ4n) is 5.85. The number of carbonyl (C=O) groups excluding carboxylic acids is 1. The topological polar surface area (TPSA) is 70.5 Å². The van der Waals surface area contributed by atoms with E-state index in [4.69, 9.17) is 9.72 Å². The quantitative estimate of drug-likeness (QED) is 0.225. The first-order chi connectivity index (χ1) is 20.1. The molecule has 7 rings (SSSR count). The third-order valence-corrected chi connectivity index (χ3v) is 7.79. The molecule has 7 nitrogen and oxygen atoms in total. The molecule has 7 heteroatoms. The van der Waals surface area contributed by atoms with Gasteiger partial charge in [-0.15, -0.1) is 0 Å². The lowest BCUT2D eigenvalue weighted by Gasteiger charge is -2.11. The Morgan fingerprint density at radius 3 is 2.20 bits per heavy atom. The van der Waals surface area contributed by atoms with E-state index in [0.29, 0.717) is 23.1 Å². The molecule has 0 spiro atoms. The summed E-state index contributed by atoms with van der Waals surface area (Å²) in [7, 11) is 1.38. The van der Waals surface area contributed by atoms with Crippen LogP contribution in [0.25, 0.3) is 38.7 Å². The normalized spacial score (nSPS) is 11.6. The Bertz CT molecular complexity index is 2120.